The van der Waals surface area contributed by atoms with Gasteiger partial charge in [0.15, 0.2) is 0 Å². The Morgan fingerprint density at radius 2 is 1.89 bits per heavy atom. The summed E-state index contributed by atoms with van der Waals surface area (Å²) in [5.74, 6) is -1.10. The molecule has 0 aliphatic carbocycles. The fourth-order valence-electron chi connectivity index (χ4n) is 2.35. The van der Waals surface area contributed by atoms with Crippen molar-refractivity contribution in [1.82, 2.24) is 4.90 Å². The van der Waals surface area contributed by atoms with Crippen molar-refractivity contribution in [2.45, 2.75) is 0 Å². The van der Waals surface area contributed by atoms with Crippen LogP contribution in [0.4, 0.5) is 10.5 Å². The lowest BCUT2D eigenvalue weighted by Gasteiger charge is -2.12. The van der Waals surface area contributed by atoms with Crippen LogP contribution in [0.5, 0.6) is 5.75 Å². The van der Waals surface area contributed by atoms with E-state index in [-0.39, 0.29) is 17.2 Å². The minimum absolute atomic E-state index is 0.0496. The quantitative estimate of drug-likeness (QED) is 0.356. The van der Waals surface area contributed by atoms with Gasteiger partial charge in [0, 0.05) is 19.3 Å². The molecule has 1 heterocycles. The standard InChI is InChI=1S/C18H11Br2IN2O4S/c19-10-5-9(16(25)13(20)7-10)6-14-17(26)23(18(27)28-14)8-15(24)22-12-3-1-11(21)2-4-12/h1-7,25H,8H2,(H,22,24)/b14-6-. The van der Waals surface area contributed by atoms with Crippen LogP contribution >= 0.6 is 66.2 Å². The molecule has 1 saturated heterocycles. The number of halogens is 3. The highest BCUT2D eigenvalue weighted by Gasteiger charge is 2.36. The number of anilines is 1. The van der Waals surface area contributed by atoms with E-state index in [2.05, 4.69) is 59.8 Å². The molecule has 1 fully saturated rings. The van der Waals surface area contributed by atoms with Crippen LogP contribution in [0.2, 0.25) is 0 Å². The van der Waals surface area contributed by atoms with E-state index in [0.717, 1.165) is 20.2 Å². The number of carbonyl (C=O) groups excluding carboxylic acids is 3. The van der Waals surface area contributed by atoms with Crippen molar-refractivity contribution < 1.29 is 19.5 Å². The van der Waals surface area contributed by atoms with Crippen molar-refractivity contribution in [2.75, 3.05) is 11.9 Å². The molecular weight excluding hydrogens is 627 g/mol. The van der Waals surface area contributed by atoms with E-state index in [1.807, 2.05) is 12.1 Å². The summed E-state index contributed by atoms with van der Waals surface area (Å²) < 4.78 is 2.16. The Labute approximate surface area is 195 Å². The van der Waals surface area contributed by atoms with Gasteiger partial charge in [0.25, 0.3) is 11.1 Å². The molecule has 0 saturated carbocycles. The lowest BCUT2D eigenvalue weighted by atomic mass is 10.2. The Bertz CT molecular complexity index is 1010. The molecule has 6 nitrogen and oxygen atoms in total. The summed E-state index contributed by atoms with van der Waals surface area (Å²) in [4.78, 5) is 38.0. The van der Waals surface area contributed by atoms with Gasteiger partial charge >= 0.3 is 0 Å². The van der Waals surface area contributed by atoms with E-state index in [9.17, 15) is 19.5 Å². The summed E-state index contributed by atoms with van der Waals surface area (Å²) in [5, 5.41) is 12.3. The molecule has 144 valence electrons. The van der Waals surface area contributed by atoms with Gasteiger partial charge in [0.05, 0.1) is 9.38 Å². The highest BCUT2D eigenvalue weighted by Crippen LogP contribution is 2.37. The molecule has 3 amide bonds. The maximum Gasteiger partial charge on any atom is 0.294 e. The van der Waals surface area contributed by atoms with Crippen LogP contribution in [0.1, 0.15) is 5.56 Å². The Balaban J connectivity index is 1.74. The van der Waals surface area contributed by atoms with Gasteiger partial charge in [-0.1, -0.05) is 15.9 Å². The number of rotatable bonds is 4. The van der Waals surface area contributed by atoms with Gasteiger partial charge in [-0.05, 0) is 92.8 Å². The summed E-state index contributed by atoms with van der Waals surface area (Å²) in [7, 11) is 0. The summed E-state index contributed by atoms with van der Waals surface area (Å²) in [6, 6.07) is 10.4. The molecule has 10 heteroatoms. The van der Waals surface area contributed by atoms with Crippen LogP contribution in [0.25, 0.3) is 6.08 Å². The number of thioether (sulfide) groups is 1. The van der Waals surface area contributed by atoms with Gasteiger partial charge in [0.2, 0.25) is 5.91 Å². The number of nitrogens with one attached hydrogen (secondary N) is 1. The van der Waals surface area contributed by atoms with Crippen LogP contribution in [-0.4, -0.2) is 33.6 Å². The molecule has 28 heavy (non-hydrogen) atoms. The minimum atomic E-state index is -0.580. The summed E-state index contributed by atoms with van der Waals surface area (Å²) in [6.07, 6.45) is 1.42. The molecule has 0 bridgehead atoms. The van der Waals surface area contributed by atoms with Crippen molar-refractivity contribution in [1.29, 1.82) is 0 Å². The maximum absolute atomic E-state index is 12.6. The molecule has 3 rings (SSSR count). The third-order valence-corrected chi connectivity index (χ3v) is 6.34. The first-order valence-corrected chi connectivity index (χ1v) is 11.2. The van der Waals surface area contributed by atoms with E-state index < -0.39 is 17.1 Å². The number of phenols is 1. The molecule has 0 atom stereocenters. The number of carbonyl (C=O) groups is 3. The zero-order chi connectivity index (χ0) is 20.4. The van der Waals surface area contributed by atoms with Gasteiger partial charge in [-0.2, -0.15) is 0 Å². The Kier molecular flexibility index (Phi) is 6.84. The number of hydrogen-bond acceptors (Lipinski definition) is 5. The molecule has 2 aromatic rings. The Morgan fingerprint density at radius 1 is 1.21 bits per heavy atom. The largest absolute Gasteiger partial charge is 0.506 e. The maximum atomic E-state index is 12.6. The first-order chi connectivity index (χ1) is 13.2. The number of nitrogens with zero attached hydrogens (tertiary/aromatic N) is 1. The Morgan fingerprint density at radius 3 is 2.57 bits per heavy atom. The van der Waals surface area contributed by atoms with Crippen molar-refractivity contribution in [3.05, 3.63) is 59.4 Å². The van der Waals surface area contributed by atoms with Gasteiger partial charge < -0.3 is 10.4 Å². The third-order valence-electron chi connectivity index (χ3n) is 3.65. The number of imide groups is 1. The van der Waals surface area contributed by atoms with Crippen molar-refractivity contribution in [3.8, 4) is 5.75 Å². The van der Waals surface area contributed by atoms with Gasteiger partial charge in [0.1, 0.15) is 12.3 Å². The van der Waals surface area contributed by atoms with Crippen LogP contribution in [-0.2, 0) is 9.59 Å². The molecule has 2 N–H and O–H groups in total. The minimum Gasteiger partial charge on any atom is -0.506 e. The van der Waals surface area contributed by atoms with Crippen molar-refractivity contribution in [3.63, 3.8) is 0 Å². The lowest BCUT2D eigenvalue weighted by molar-refractivity contribution is -0.127. The van der Waals surface area contributed by atoms with E-state index in [1.54, 1.807) is 24.3 Å². The molecule has 1 aliphatic rings. The number of phenolic OH excluding ortho intramolecular Hbond substituents is 1. The lowest BCUT2D eigenvalue weighted by Crippen LogP contribution is -2.36. The second kappa shape index (κ2) is 8.97. The Hall–Kier alpha value is -1.37. The van der Waals surface area contributed by atoms with Gasteiger partial charge in [-0.3, -0.25) is 19.3 Å². The van der Waals surface area contributed by atoms with Crippen molar-refractivity contribution in [2.24, 2.45) is 0 Å². The monoisotopic (exact) mass is 636 g/mol. The van der Waals surface area contributed by atoms with Crippen LogP contribution in [0.3, 0.4) is 0 Å². The van der Waals surface area contributed by atoms with Crippen molar-refractivity contribution >= 4 is 95.0 Å². The molecule has 0 unspecified atom stereocenters. The summed E-state index contributed by atoms with van der Waals surface area (Å²) in [6.45, 7) is -0.387. The van der Waals surface area contributed by atoms with E-state index in [1.165, 1.54) is 6.08 Å². The van der Waals surface area contributed by atoms with E-state index in [4.69, 9.17) is 0 Å². The number of amides is 3. The zero-order valence-corrected chi connectivity index (χ0v) is 20.1. The first kappa shape index (κ1) is 21.3. The van der Waals surface area contributed by atoms with Crippen LogP contribution < -0.4 is 5.32 Å². The van der Waals surface area contributed by atoms with E-state index in [0.29, 0.717) is 20.2 Å². The molecular formula is C18H11Br2IN2O4S. The highest BCUT2D eigenvalue weighted by atomic mass is 127. The smallest absolute Gasteiger partial charge is 0.294 e. The molecule has 2 aromatic carbocycles. The first-order valence-electron chi connectivity index (χ1n) is 7.73. The molecule has 0 spiro atoms. The van der Waals surface area contributed by atoms with Crippen LogP contribution in [0.15, 0.2) is 50.2 Å². The second-order valence-corrected chi connectivity index (χ2v) is 9.66. The van der Waals surface area contributed by atoms with Crippen LogP contribution in [0, 0.1) is 3.57 Å². The highest BCUT2D eigenvalue weighted by molar-refractivity contribution is 14.1. The average molecular weight is 638 g/mol. The summed E-state index contributed by atoms with van der Waals surface area (Å²) >= 11 is 9.41. The molecule has 0 aromatic heterocycles. The van der Waals surface area contributed by atoms with Gasteiger partial charge in [-0.25, -0.2) is 0 Å². The fourth-order valence-corrected chi connectivity index (χ4v) is 4.80. The normalized spacial score (nSPS) is 15.4. The zero-order valence-electron chi connectivity index (χ0n) is 13.9. The number of hydrogen-bond donors (Lipinski definition) is 2. The van der Waals surface area contributed by atoms with Gasteiger partial charge in [-0.15, -0.1) is 0 Å². The van der Waals surface area contributed by atoms with E-state index >= 15 is 0 Å². The average Bonchev–Trinajstić information content (AvgIpc) is 2.88. The third kappa shape index (κ3) is 4.97. The number of aromatic hydroxyl groups is 1. The topological polar surface area (TPSA) is 86.7 Å². The SMILES string of the molecule is O=C(CN1C(=O)S/C(=C\c2cc(Br)cc(Br)c2O)C1=O)Nc1ccc(I)cc1. The summed E-state index contributed by atoms with van der Waals surface area (Å²) in [5.41, 5.74) is 0.951. The molecule has 1 aliphatic heterocycles. The molecule has 0 radical (unpaired) electrons. The predicted molar refractivity (Wildman–Crippen MR) is 124 cm³/mol. The predicted octanol–water partition coefficient (Wildman–Crippen LogP) is 5.20. The number of benzene rings is 2. The second-order valence-electron chi connectivity index (χ2n) is 5.65. The fraction of sp³-hybridized carbons (Fsp3) is 0.0556.